The SMILES string of the molecule is COc1cccc2c1CCC2(C#N)CCCCl. The van der Waals surface area contributed by atoms with Gasteiger partial charge in [-0.25, -0.2) is 0 Å². The molecule has 0 radical (unpaired) electrons. The Balaban J connectivity index is 2.41. The van der Waals surface area contributed by atoms with E-state index >= 15 is 0 Å². The maximum absolute atomic E-state index is 9.52. The molecule has 0 heterocycles. The topological polar surface area (TPSA) is 33.0 Å². The predicted molar refractivity (Wildman–Crippen MR) is 68.6 cm³/mol. The Morgan fingerprint density at radius 3 is 3.00 bits per heavy atom. The molecule has 0 aromatic heterocycles. The molecule has 0 saturated carbocycles. The van der Waals surface area contributed by atoms with Crippen LogP contribution in [0.5, 0.6) is 5.75 Å². The highest BCUT2D eigenvalue weighted by Gasteiger charge is 2.39. The van der Waals surface area contributed by atoms with Crippen molar-refractivity contribution in [2.24, 2.45) is 0 Å². The monoisotopic (exact) mass is 249 g/mol. The van der Waals surface area contributed by atoms with Crippen LogP contribution in [0.4, 0.5) is 0 Å². The molecule has 0 amide bonds. The lowest BCUT2D eigenvalue weighted by Crippen LogP contribution is -2.20. The van der Waals surface area contributed by atoms with Crippen molar-refractivity contribution >= 4 is 11.6 Å². The third-order valence-corrected chi connectivity index (χ3v) is 3.89. The lowest BCUT2D eigenvalue weighted by molar-refractivity contribution is 0.410. The number of rotatable bonds is 4. The number of nitrogens with zero attached hydrogens (tertiary/aromatic N) is 1. The summed E-state index contributed by atoms with van der Waals surface area (Å²) >= 11 is 5.75. The molecule has 0 N–H and O–H groups in total. The summed E-state index contributed by atoms with van der Waals surface area (Å²) in [5.41, 5.74) is 1.99. The Bertz CT molecular complexity index is 452. The summed E-state index contributed by atoms with van der Waals surface area (Å²) in [5.74, 6) is 1.52. The Kier molecular flexibility index (Phi) is 3.59. The largest absolute Gasteiger partial charge is 0.496 e. The number of hydrogen-bond acceptors (Lipinski definition) is 2. The van der Waals surface area contributed by atoms with E-state index < -0.39 is 0 Å². The van der Waals surface area contributed by atoms with Gasteiger partial charge in [-0.1, -0.05) is 12.1 Å². The molecule has 0 fully saturated rings. The number of alkyl halides is 1. The first kappa shape index (κ1) is 12.3. The van der Waals surface area contributed by atoms with E-state index in [0.29, 0.717) is 5.88 Å². The highest BCUT2D eigenvalue weighted by Crippen LogP contribution is 2.45. The average molecular weight is 250 g/mol. The number of ether oxygens (including phenoxy) is 1. The van der Waals surface area contributed by atoms with Crippen LogP contribution in [-0.2, 0) is 11.8 Å². The second kappa shape index (κ2) is 4.98. The van der Waals surface area contributed by atoms with Crippen molar-refractivity contribution in [3.05, 3.63) is 29.3 Å². The Hall–Kier alpha value is -1.20. The molecule has 1 aliphatic carbocycles. The van der Waals surface area contributed by atoms with Crippen molar-refractivity contribution in [2.45, 2.75) is 31.1 Å². The molecule has 1 aliphatic rings. The van der Waals surface area contributed by atoms with Gasteiger partial charge in [-0.05, 0) is 42.9 Å². The van der Waals surface area contributed by atoms with Gasteiger partial charge in [0.15, 0.2) is 0 Å². The maximum atomic E-state index is 9.52. The Morgan fingerprint density at radius 2 is 2.35 bits per heavy atom. The van der Waals surface area contributed by atoms with E-state index in [1.54, 1.807) is 7.11 Å². The van der Waals surface area contributed by atoms with E-state index in [0.717, 1.165) is 37.0 Å². The molecule has 90 valence electrons. The lowest BCUT2D eigenvalue weighted by Gasteiger charge is -2.21. The fraction of sp³-hybridized carbons (Fsp3) is 0.500. The fourth-order valence-corrected chi connectivity index (χ4v) is 2.87. The van der Waals surface area contributed by atoms with Gasteiger partial charge >= 0.3 is 0 Å². The van der Waals surface area contributed by atoms with Crippen LogP contribution in [0, 0.1) is 11.3 Å². The van der Waals surface area contributed by atoms with Gasteiger partial charge in [-0.15, -0.1) is 11.6 Å². The minimum absolute atomic E-state index is 0.348. The van der Waals surface area contributed by atoms with E-state index in [2.05, 4.69) is 12.1 Å². The van der Waals surface area contributed by atoms with Gasteiger partial charge in [0.2, 0.25) is 0 Å². The molecule has 0 saturated heterocycles. The van der Waals surface area contributed by atoms with Crippen molar-refractivity contribution in [1.29, 1.82) is 5.26 Å². The van der Waals surface area contributed by atoms with Crippen LogP contribution in [0.25, 0.3) is 0 Å². The standard InChI is InChI=1S/C14H16ClNO/c1-17-13-5-2-4-12-11(13)6-8-14(12,10-16)7-3-9-15/h2,4-5H,3,6-9H2,1H3. The Morgan fingerprint density at radius 1 is 1.53 bits per heavy atom. The van der Waals surface area contributed by atoms with E-state index in [1.807, 2.05) is 12.1 Å². The second-order valence-corrected chi connectivity index (χ2v) is 4.85. The number of fused-ring (bicyclic) bond motifs is 1. The predicted octanol–water partition coefficient (Wildman–Crippen LogP) is 3.42. The van der Waals surface area contributed by atoms with Crippen LogP contribution in [0.15, 0.2) is 18.2 Å². The average Bonchev–Trinajstić information content (AvgIpc) is 2.76. The molecular weight excluding hydrogens is 234 g/mol. The van der Waals surface area contributed by atoms with E-state index in [1.165, 1.54) is 5.56 Å². The van der Waals surface area contributed by atoms with Gasteiger partial charge in [0.25, 0.3) is 0 Å². The zero-order valence-corrected chi connectivity index (χ0v) is 10.8. The third-order valence-electron chi connectivity index (χ3n) is 3.62. The summed E-state index contributed by atoms with van der Waals surface area (Å²) in [7, 11) is 1.68. The van der Waals surface area contributed by atoms with Gasteiger partial charge < -0.3 is 4.74 Å². The van der Waals surface area contributed by atoms with Crippen LogP contribution in [0.2, 0.25) is 0 Å². The van der Waals surface area contributed by atoms with E-state index in [9.17, 15) is 5.26 Å². The van der Waals surface area contributed by atoms with Gasteiger partial charge in [-0.3, -0.25) is 0 Å². The highest BCUT2D eigenvalue weighted by molar-refractivity contribution is 6.17. The highest BCUT2D eigenvalue weighted by atomic mass is 35.5. The van der Waals surface area contributed by atoms with Crippen molar-refractivity contribution in [3.8, 4) is 11.8 Å². The molecule has 0 spiro atoms. The molecular formula is C14H16ClNO. The Labute approximate surface area is 107 Å². The van der Waals surface area contributed by atoms with Gasteiger partial charge in [0.05, 0.1) is 18.6 Å². The maximum Gasteiger partial charge on any atom is 0.122 e. The zero-order chi connectivity index (χ0) is 12.3. The van der Waals surface area contributed by atoms with Crippen LogP contribution < -0.4 is 4.74 Å². The summed E-state index contributed by atoms with van der Waals surface area (Å²) in [4.78, 5) is 0. The van der Waals surface area contributed by atoms with Gasteiger partial charge in [-0.2, -0.15) is 5.26 Å². The van der Waals surface area contributed by atoms with E-state index in [-0.39, 0.29) is 5.41 Å². The van der Waals surface area contributed by atoms with Crippen molar-refractivity contribution in [1.82, 2.24) is 0 Å². The van der Waals surface area contributed by atoms with Crippen LogP contribution in [-0.4, -0.2) is 13.0 Å². The summed E-state index contributed by atoms with van der Waals surface area (Å²) in [5, 5.41) is 9.52. The summed E-state index contributed by atoms with van der Waals surface area (Å²) in [6.45, 7) is 0. The quantitative estimate of drug-likeness (QED) is 0.766. The van der Waals surface area contributed by atoms with Crippen LogP contribution in [0.1, 0.15) is 30.4 Å². The normalized spacial score (nSPS) is 21.9. The van der Waals surface area contributed by atoms with Crippen molar-refractivity contribution < 1.29 is 4.74 Å². The lowest BCUT2D eigenvalue weighted by atomic mass is 9.79. The molecule has 1 atom stereocenters. The molecule has 0 aliphatic heterocycles. The minimum atomic E-state index is -0.348. The number of methoxy groups -OCH3 is 1. The first-order valence-corrected chi connectivity index (χ1v) is 6.44. The zero-order valence-electron chi connectivity index (χ0n) is 10.0. The first-order chi connectivity index (χ1) is 8.27. The number of hydrogen-bond donors (Lipinski definition) is 0. The molecule has 2 nitrogen and oxygen atoms in total. The summed E-state index contributed by atoms with van der Waals surface area (Å²) in [6.07, 6.45) is 3.53. The van der Waals surface area contributed by atoms with Gasteiger partial charge in [0, 0.05) is 5.88 Å². The summed E-state index contributed by atoms with van der Waals surface area (Å²) in [6, 6.07) is 8.50. The minimum Gasteiger partial charge on any atom is -0.496 e. The molecule has 2 rings (SSSR count). The molecule has 17 heavy (non-hydrogen) atoms. The summed E-state index contributed by atoms with van der Waals surface area (Å²) < 4.78 is 5.36. The van der Waals surface area contributed by atoms with Gasteiger partial charge in [0.1, 0.15) is 5.75 Å². The first-order valence-electron chi connectivity index (χ1n) is 5.91. The molecule has 0 bridgehead atoms. The smallest absolute Gasteiger partial charge is 0.122 e. The molecule has 1 aromatic carbocycles. The van der Waals surface area contributed by atoms with Crippen LogP contribution >= 0.6 is 11.6 Å². The second-order valence-electron chi connectivity index (χ2n) is 4.47. The molecule has 1 unspecified atom stereocenters. The molecule has 1 aromatic rings. The third kappa shape index (κ3) is 2.00. The number of halogens is 1. The van der Waals surface area contributed by atoms with Crippen molar-refractivity contribution in [2.75, 3.05) is 13.0 Å². The number of benzene rings is 1. The fourth-order valence-electron chi connectivity index (χ4n) is 2.74. The molecule has 3 heteroatoms. The van der Waals surface area contributed by atoms with Crippen LogP contribution in [0.3, 0.4) is 0 Å². The van der Waals surface area contributed by atoms with Crippen molar-refractivity contribution in [3.63, 3.8) is 0 Å². The number of nitriles is 1. The van der Waals surface area contributed by atoms with E-state index in [4.69, 9.17) is 16.3 Å².